The Morgan fingerprint density at radius 3 is 2.62 bits per heavy atom. The van der Waals surface area contributed by atoms with Crippen LogP contribution in [0.1, 0.15) is 34.3 Å². The van der Waals surface area contributed by atoms with Crippen molar-refractivity contribution in [1.29, 1.82) is 10.5 Å². The fraction of sp³-hybridized carbons (Fsp3) is 0.304. The van der Waals surface area contributed by atoms with Crippen molar-refractivity contribution in [3.05, 3.63) is 67.9 Å². The summed E-state index contributed by atoms with van der Waals surface area (Å²) in [5.41, 5.74) is 12.6. The summed E-state index contributed by atoms with van der Waals surface area (Å²) in [6.45, 7) is 0.710. The summed E-state index contributed by atoms with van der Waals surface area (Å²) in [4.78, 5) is 25.6. The molecule has 0 bridgehead atoms. The molecule has 0 saturated heterocycles. The number of nitrogens with one attached hydrogen (secondary N) is 2. The molecule has 0 spiro atoms. The first-order valence-corrected chi connectivity index (χ1v) is 11.3. The van der Waals surface area contributed by atoms with Crippen molar-refractivity contribution in [3.63, 3.8) is 0 Å². The number of nitrogens with two attached hydrogens (primary N) is 2. The lowest BCUT2D eigenvalue weighted by Crippen LogP contribution is -2.48. The first-order chi connectivity index (χ1) is 16.3. The topological polar surface area (TPSA) is 172 Å². The number of ether oxygens (including phenoxy) is 1. The number of nitriles is 2. The number of hydrogen-bond acceptors (Lipinski definition) is 9. The van der Waals surface area contributed by atoms with Gasteiger partial charge in [-0.05, 0) is 36.6 Å². The molecule has 6 N–H and O–H groups in total. The highest BCUT2D eigenvalue weighted by Gasteiger charge is 2.44. The van der Waals surface area contributed by atoms with Gasteiger partial charge in [-0.1, -0.05) is 24.1 Å². The lowest BCUT2D eigenvalue weighted by Gasteiger charge is -2.16. The van der Waals surface area contributed by atoms with Crippen molar-refractivity contribution in [2.45, 2.75) is 24.1 Å². The number of carbonyl (C=O) groups excluding carboxylic acids is 1. The fourth-order valence-electron chi connectivity index (χ4n) is 3.25. The van der Waals surface area contributed by atoms with Gasteiger partial charge < -0.3 is 26.1 Å². The van der Waals surface area contributed by atoms with Gasteiger partial charge in [0.15, 0.2) is 0 Å². The van der Waals surface area contributed by atoms with E-state index in [1.54, 1.807) is 24.3 Å². The van der Waals surface area contributed by atoms with Gasteiger partial charge in [0, 0.05) is 25.0 Å². The molecule has 2 aromatic rings. The summed E-state index contributed by atoms with van der Waals surface area (Å²) >= 11 is 1.44. The van der Waals surface area contributed by atoms with E-state index in [2.05, 4.69) is 10.0 Å². The molecule has 1 aromatic carbocycles. The average Bonchev–Trinajstić information content (AvgIpc) is 3.63. The highest BCUT2D eigenvalue weighted by molar-refractivity contribution is 7.99. The van der Waals surface area contributed by atoms with E-state index in [0.29, 0.717) is 17.4 Å². The van der Waals surface area contributed by atoms with E-state index >= 15 is 0 Å². The molecule has 34 heavy (non-hydrogen) atoms. The maximum Gasteiger partial charge on any atom is 0.263 e. The number of hydrogen-bond donors (Lipinski definition) is 4. The van der Waals surface area contributed by atoms with Crippen LogP contribution in [-0.2, 0) is 18.3 Å². The van der Waals surface area contributed by atoms with Crippen molar-refractivity contribution >= 4 is 29.9 Å². The van der Waals surface area contributed by atoms with Gasteiger partial charge >= 0.3 is 0 Å². The van der Waals surface area contributed by atoms with Gasteiger partial charge in [0.05, 0.1) is 29.0 Å². The van der Waals surface area contributed by atoms with Crippen LogP contribution in [0, 0.1) is 22.7 Å². The van der Waals surface area contributed by atoms with Crippen molar-refractivity contribution in [2.24, 2.45) is 18.5 Å². The summed E-state index contributed by atoms with van der Waals surface area (Å²) < 4.78 is 9.83. The van der Waals surface area contributed by atoms with Gasteiger partial charge in [-0.15, -0.1) is 0 Å². The van der Waals surface area contributed by atoms with Gasteiger partial charge in [0.1, 0.15) is 17.5 Å². The third kappa shape index (κ3) is 5.70. The molecular weight excluding hydrogens is 454 g/mol. The minimum atomic E-state index is -0.559. The molecule has 1 amide bonds. The number of pyridine rings is 1. The fourth-order valence-corrected chi connectivity index (χ4v) is 4.11. The maximum absolute atomic E-state index is 12.9. The third-order valence-electron chi connectivity index (χ3n) is 5.38. The van der Waals surface area contributed by atoms with Crippen LogP contribution in [0.4, 0.5) is 0 Å². The van der Waals surface area contributed by atoms with Crippen LogP contribution in [0.2, 0.25) is 0 Å². The Balaban J connectivity index is 1.80. The molecule has 1 heterocycles. The molecule has 10 nitrogen and oxygen atoms in total. The summed E-state index contributed by atoms with van der Waals surface area (Å²) in [6, 6.07) is 12.2. The number of aromatic nitrogens is 1. The van der Waals surface area contributed by atoms with Crippen molar-refractivity contribution in [2.75, 3.05) is 13.2 Å². The van der Waals surface area contributed by atoms with E-state index in [1.807, 2.05) is 12.1 Å². The Morgan fingerprint density at radius 2 is 2.03 bits per heavy atom. The van der Waals surface area contributed by atoms with Crippen LogP contribution in [-0.4, -0.2) is 28.4 Å². The molecule has 176 valence electrons. The standard InChI is InChI=1S/C23H25N7O3S/c1-30-19(20(27)33-14-23(6-7-23)34-29-9-8-24)17(12-26)10-18(22(30)32)21(31)28-13-16-4-2-15(11-25)3-5-16/h2-5,10,12,29H,6-7,9,13-14,26-27H2,1H3,(H,28,31)/b17-12-,20-19-. The number of amides is 1. The predicted octanol–water partition coefficient (Wildman–Crippen LogP) is -0.781. The lowest BCUT2D eigenvalue weighted by molar-refractivity contribution is 0.0948. The average molecular weight is 480 g/mol. The first kappa shape index (κ1) is 24.7. The van der Waals surface area contributed by atoms with E-state index in [0.717, 1.165) is 18.4 Å². The molecule has 0 atom stereocenters. The predicted molar refractivity (Wildman–Crippen MR) is 129 cm³/mol. The smallest absolute Gasteiger partial charge is 0.263 e. The van der Waals surface area contributed by atoms with Crippen LogP contribution < -0.4 is 37.6 Å². The molecule has 1 fully saturated rings. The second-order valence-corrected chi connectivity index (χ2v) is 9.16. The van der Waals surface area contributed by atoms with Gasteiger partial charge in [0.25, 0.3) is 11.5 Å². The minimum Gasteiger partial charge on any atom is -0.476 e. The second kappa shape index (κ2) is 10.8. The summed E-state index contributed by atoms with van der Waals surface area (Å²) in [5, 5.41) is 20.9. The minimum absolute atomic E-state index is 0.0213. The SMILES string of the molecule is Cn1c(=O)c(C(=O)NCc2ccc(C#N)cc2)cc(=C/N)/c1=C(\N)OCC1(SNCC#N)CC1. The largest absolute Gasteiger partial charge is 0.476 e. The Morgan fingerprint density at radius 1 is 1.32 bits per heavy atom. The summed E-state index contributed by atoms with van der Waals surface area (Å²) in [5.74, 6) is -0.538. The van der Waals surface area contributed by atoms with Crippen molar-refractivity contribution in [1.82, 2.24) is 14.6 Å². The molecule has 11 heteroatoms. The van der Waals surface area contributed by atoms with Gasteiger partial charge in [0.2, 0.25) is 5.88 Å². The van der Waals surface area contributed by atoms with Crippen LogP contribution in [0.25, 0.3) is 12.1 Å². The number of carbonyl (C=O) groups is 1. The van der Waals surface area contributed by atoms with Gasteiger partial charge in [-0.25, -0.2) is 4.72 Å². The van der Waals surface area contributed by atoms with Crippen LogP contribution in [0.3, 0.4) is 0 Å². The Bertz CT molecular complexity index is 1330. The second-order valence-electron chi connectivity index (χ2n) is 7.80. The number of benzene rings is 1. The van der Waals surface area contributed by atoms with E-state index in [1.165, 1.54) is 35.8 Å². The zero-order valence-electron chi connectivity index (χ0n) is 18.6. The Labute approximate surface area is 200 Å². The van der Waals surface area contributed by atoms with Gasteiger partial charge in [-0.2, -0.15) is 10.5 Å². The zero-order chi connectivity index (χ0) is 24.7. The molecule has 1 aliphatic carbocycles. The molecular formula is C23H25N7O3S. The first-order valence-electron chi connectivity index (χ1n) is 10.4. The summed E-state index contributed by atoms with van der Waals surface area (Å²) in [6.07, 6.45) is 3.09. The molecule has 1 aromatic heterocycles. The number of rotatable bonds is 9. The summed E-state index contributed by atoms with van der Waals surface area (Å²) in [7, 11) is 1.49. The molecule has 0 aliphatic heterocycles. The normalized spacial score (nSPS) is 15.1. The van der Waals surface area contributed by atoms with Crippen molar-refractivity contribution < 1.29 is 9.53 Å². The maximum atomic E-state index is 12.9. The molecule has 3 rings (SSSR count). The molecule has 1 aliphatic rings. The van der Waals surface area contributed by atoms with Crippen LogP contribution >= 0.6 is 11.9 Å². The third-order valence-corrected chi connectivity index (χ3v) is 6.62. The lowest BCUT2D eigenvalue weighted by atomic mass is 10.1. The molecule has 1 saturated carbocycles. The highest BCUT2D eigenvalue weighted by Crippen LogP contribution is 2.47. The van der Waals surface area contributed by atoms with E-state index in [4.69, 9.17) is 26.7 Å². The quantitative estimate of drug-likeness (QED) is 0.204. The van der Waals surface area contributed by atoms with E-state index in [9.17, 15) is 9.59 Å². The monoisotopic (exact) mass is 479 g/mol. The Hall–Kier alpha value is -3.93. The van der Waals surface area contributed by atoms with Crippen molar-refractivity contribution in [3.8, 4) is 12.1 Å². The number of nitrogens with zero attached hydrogens (tertiary/aromatic N) is 3. The Kier molecular flexibility index (Phi) is 7.84. The van der Waals surface area contributed by atoms with Gasteiger partial charge in [-0.3, -0.25) is 9.59 Å². The van der Waals surface area contributed by atoms with Crippen LogP contribution in [0.5, 0.6) is 0 Å². The zero-order valence-corrected chi connectivity index (χ0v) is 19.4. The highest BCUT2D eigenvalue weighted by atomic mass is 32.2. The molecule has 0 radical (unpaired) electrons. The van der Waals surface area contributed by atoms with E-state index < -0.39 is 11.5 Å². The van der Waals surface area contributed by atoms with E-state index in [-0.39, 0.29) is 34.6 Å². The van der Waals surface area contributed by atoms with Crippen LogP contribution in [0.15, 0.2) is 35.1 Å². The molecule has 0 unspecified atom stereocenters.